The summed E-state index contributed by atoms with van der Waals surface area (Å²) in [6.07, 6.45) is 2.80. The van der Waals surface area contributed by atoms with Crippen LogP contribution in [0.15, 0.2) is 11.6 Å². The van der Waals surface area contributed by atoms with Gasteiger partial charge in [-0.25, -0.2) is 0 Å². The van der Waals surface area contributed by atoms with Crippen molar-refractivity contribution in [3.05, 3.63) is 11.6 Å². The van der Waals surface area contributed by atoms with Gasteiger partial charge < -0.3 is 10.6 Å². The highest BCUT2D eigenvalue weighted by molar-refractivity contribution is 5.91. The Morgan fingerprint density at radius 1 is 1.38 bits per heavy atom. The number of hydrogen-bond acceptors (Lipinski definition) is 2. The molecule has 76 valence electrons. The molecule has 0 aromatic heterocycles. The van der Waals surface area contributed by atoms with Crippen molar-refractivity contribution in [1.29, 1.82) is 0 Å². The second-order valence-corrected chi connectivity index (χ2v) is 3.07. The molecule has 0 aliphatic carbocycles. The Kier molecular flexibility index (Phi) is 6.24. The fraction of sp³-hybridized carbons (Fsp3) is 0.700. The van der Waals surface area contributed by atoms with Crippen molar-refractivity contribution in [3.63, 3.8) is 0 Å². The highest BCUT2D eigenvalue weighted by atomic mass is 16.1. The number of rotatable bonds is 6. The number of primary amides is 1. The van der Waals surface area contributed by atoms with Gasteiger partial charge in [-0.05, 0) is 26.4 Å². The molecule has 0 aliphatic rings. The average Bonchev–Trinajstić information content (AvgIpc) is 2.12. The Balaban J connectivity index is 3.76. The van der Waals surface area contributed by atoms with Gasteiger partial charge in [0.15, 0.2) is 0 Å². The maximum atomic E-state index is 10.7. The molecule has 0 fully saturated rings. The van der Waals surface area contributed by atoms with Crippen molar-refractivity contribution in [2.24, 2.45) is 5.73 Å². The first-order chi connectivity index (χ1) is 6.11. The summed E-state index contributed by atoms with van der Waals surface area (Å²) in [5.74, 6) is -0.320. The molecule has 3 nitrogen and oxygen atoms in total. The smallest absolute Gasteiger partial charge is 0.244 e. The van der Waals surface area contributed by atoms with Crippen LogP contribution in [0.5, 0.6) is 0 Å². The van der Waals surface area contributed by atoms with Crippen LogP contribution in [-0.2, 0) is 4.79 Å². The van der Waals surface area contributed by atoms with Crippen molar-refractivity contribution in [3.8, 4) is 0 Å². The minimum atomic E-state index is -0.320. The lowest BCUT2D eigenvalue weighted by Gasteiger charge is -2.16. The lowest BCUT2D eigenvalue weighted by Crippen LogP contribution is -2.23. The summed E-state index contributed by atoms with van der Waals surface area (Å²) >= 11 is 0. The number of amides is 1. The standard InChI is InChI=1S/C10H20N2O/c1-4-12(5-2)8-6-7-9(3)10(11)13/h7H,4-6,8H2,1-3H3,(H2,11,13). The number of nitrogens with zero attached hydrogens (tertiary/aromatic N) is 1. The maximum Gasteiger partial charge on any atom is 0.244 e. The van der Waals surface area contributed by atoms with Gasteiger partial charge >= 0.3 is 0 Å². The quantitative estimate of drug-likeness (QED) is 0.629. The Morgan fingerprint density at radius 2 is 1.92 bits per heavy atom. The molecule has 0 rings (SSSR count). The molecule has 0 atom stereocenters. The highest BCUT2D eigenvalue weighted by Gasteiger charge is 1.98. The van der Waals surface area contributed by atoms with E-state index in [9.17, 15) is 4.79 Å². The molecular formula is C10H20N2O. The van der Waals surface area contributed by atoms with Crippen molar-refractivity contribution < 1.29 is 4.79 Å². The third-order valence-electron chi connectivity index (χ3n) is 2.18. The zero-order valence-electron chi connectivity index (χ0n) is 8.84. The summed E-state index contributed by atoms with van der Waals surface area (Å²) in [5.41, 5.74) is 5.76. The van der Waals surface area contributed by atoms with E-state index in [4.69, 9.17) is 5.73 Å². The maximum absolute atomic E-state index is 10.7. The van der Waals surface area contributed by atoms with Crippen molar-refractivity contribution in [1.82, 2.24) is 4.90 Å². The van der Waals surface area contributed by atoms with Gasteiger partial charge in [0.2, 0.25) is 5.91 Å². The summed E-state index contributed by atoms with van der Waals surface area (Å²) in [6, 6.07) is 0. The summed E-state index contributed by atoms with van der Waals surface area (Å²) in [4.78, 5) is 13.0. The van der Waals surface area contributed by atoms with Gasteiger partial charge in [0.05, 0.1) is 0 Å². The average molecular weight is 184 g/mol. The van der Waals surface area contributed by atoms with Crippen LogP contribution in [0.3, 0.4) is 0 Å². The highest BCUT2D eigenvalue weighted by Crippen LogP contribution is 1.96. The van der Waals surface area contributed by atoms with Crippen molar-refractivity contribution in [2.45, 2.75) is 27.2 Å². The van der Waals surface area contributed by atoms with E-state index in [-0.39, 0.29) is 5.91 Å². The molecule has 0 saturated carbocycles. The zero-order chi connectivity index (χ0) is 10.3. The molecule has 13 heavy (non-hydrogen) atoms. The molecular weight excluding hydrogens is 164 g/mol. The molecule has 0 spiro atoms. The largest absolute Gasteiger partial charge is 0.366 e. The SMILES string of the molecule is CCN(CC)CCC=C(C)C(N)=O. The van der Waals surface area contributed by atoms with Gasteiger partial charge in [-0.1, -0.05) is 19.9 Å². The van der Waals surface area contributed by atoms with Gasteiger partial charge in [-0.3, -0.25) is 4.79 Å². The van der Waals surface area contributed by atoms with E-state index in [1.54, 1.807) is 6.92 Å². The van der Waals surface area contributed by atoms with Crippen LogP contribution in [0.1, 0.15) is 27.2 Å². The lowest BCUT2D eigenvalue weighted by atomic mass is 10.2. The van der Waals surface area contributed by atoms with Gasteiger partial charge in [0.1, 0.15) is 0 Å². The molecule has 0 aliphatic heterocycles. The monoisotopic (exact) mass is 184 g/mol. The third kappa shape index (κ3) is 5.42. The van der Waals surface area contributed by atoms with Crippen LogP contribution in [0.4, 0.5) is 0 Å². The Morgan fingerprint density at radius 3 is 2.31 bits per heavy atom. The Hall–Kier alpha value is -0.830. The molecule has 0 radical (unpaired) electrons. The van der Waals surface area contributed by atoms with Gasteiger partial charge in [0, 0.05) is 12.1 Å². The van der Waals surface area contributed by atoms with E-state index in [2.05, 4.69) is 18.7 Å². The minimum Gasteiger partial charge on any atom is -0.366 e. The second kappa shape index (κ2) is 6.66. The van der Waals surface area contributed by atoms with E-state index in [0.717, 1.165) is 26.1 Å². The third-order valence-corrected chi connectivity index (χ3v) is 2.18. The fourth-order valence-corrected chi connectivity index (χ4v) is 1.10. The molecule has 0 heterocycles. The second-order valence-electron chi connectivity index (χ2n) is 3.07. The predicted molar refractivity (Wildman–Crippen MR) is 55.4 cm³/mol. The first kappa shape index (κ1) is 12.2. The normalized spacial score (nSPS) is 12.2. The van der Waals surface area contributed by atoms with Crippen molar-refractivity contribution >= 4 is 5.91 Å². The van der Waals surface area contributed by atoms with Crippen LogP contribution in [0, 0.1) is 0 Å². The topological polar surface area (TPSA) is 46.3 Å². The number of carbonyl (C=O) groups is 1. The Labute approximate surface area is 80.6 Å². The minimum absolute atomic E-state index is 0.320. The first-order valence-corrected chi connectivity index (χ1v) is 4.80. The van der Waals surface area contributed by atoms with Crippen LogP contribution in [-0.4, -0.2) is 30.4 Å². The number of hydrogen-bond donors (Lipinski definition) is 1. The summed E-state index contributed by atoms with van der Waals surface area (Å²) in [5, 5.41) is 0. The summed E-state index contributed by atoms with van der Waals surface area (Å²) < 4.78 is 0. The van der Waals surface area contributed by atoms with E-state index < -0.39 is 0 Å². The Bertz CT molecular complexity index is 183. The van der Waals surface area contributed by atoms with Gasteiger partial charge in [-0.15, -0.1) is 0 Å². The molecule has 0 bridgehead atoms. The van der Waals surface area contributed by atoms with E-state index in [0.29, 0.717) is 5.57 Å². The molecule has 0 saturated heterocycles. The van der Waals surface area contributed by atoms with Gasteiger partial charge in [0.25, 0.3) is 0 Å². The van der Waals surface area contributed by atoms with Crippen molar-refractivity contribution in [2.75, 3.05) is 19.6 Å². The zero-order valence-corrected chi connectivity index (χ0v) is 8.84. The van der Waals surface area contributed by atoms with Gasteiger partial charge in [-0.2, -0.15) is 0 Å². The van der Waals surface area contributed by atoms with Crippen LogP contribution in [0.2, 0.25) is 0 Å². The molecule has 1 amide bonds. The summed E-state index contributed by atoms with van der Waals surface area (Å²) in [6.45, 7) is 9.13. The lowest BCUT2D eigenvalue weighted by molar-refractivity contribution is -0.114. The van der Waals surface area contributed by atoms with Crippen LogP contribution in [0.25, 0.3) is 0 Å². The molecule has 0 aromatic rings. The number of carbonyl (C=O) groups excluding carboxylic acids is 1. The summed E-state index contributed by atoms with van der Waals surface area (Å²) in [7, 11) is 0. The van der Waals surface area contributed by atoms with E-state index in [1.165, 1.54) is 0 Å². The first-order valence-electron chi connectivity index (χ1n) is 4.80. The van der Waals surface area contributed by atoms with E-state index in [1.807, 2.05) is 6.08 Å². The molecule has 3 heteroatoms. The predicted octanol–water partition coefficient (Wildman–Crippen LogP) is 1.15. The molecule has 0 unspecified atom stereocenters. The fourth-order valence-electron chi connectivity index (χ4n) is 1.10. The van der Waals surface area contributed by atoms with Crippen LogP contribution >= 0.6 is 0 Å². The number of nitrogens with two attached hydrogens (primary N) is 1. The molecule has 2 N–H and O–H groups in total. The van der Waals surface area contributed by atoms with Crippen LogP contribution < -0.4 is 5.73 Å². The van der Waals surface area contributed by atoms with E-state index >= 15 is 0 Å². The molecule has 0 aromatic carbocycles.